The van der Waals surface area contributed by atoms with E-state index >= 15 is 0 Å². The Balaban J connectivity index is 2.15. The van der Waals surface area contributed by atoms with Crippen molar-refractivity contribution in [3.8, 4) is 0 Å². The van der Waals surface area contributed by atoms with Crippen molar-refractivity contribution in [2.24, 2.45) is 5.41 Å². The van der Waals surface area contributed by atoms with Gasteiger partial charge in [-0.05, 0) is 38.1 Å². The molecular weight excluding hydrogens is 150 g/mol. The maximum Gasteiger partial charge on any atom is 0.0615 e. The Hall–Kier alpha value is -0.0800. The zero-order chi connectivity index (χ0) is 8.82. The van der Waals surface area contributed by atoms with E-state index in [1.165, 1.54) is 25.8 Å². The van der Waals surface area contributed by atoms with Crippen molar-refractivity contribution in [3.63, 3.8) is 0 Å². The number of nitrogens with zero attached hydrogens (tertiary/aromatic N) is 1. The fraction of sp³-hybridized carbons (Fsp3) is 1.00. The Bertz CT molecular complexity index is 182. The quantitative estimate of drug-likeness (QED) is 0.672. The normalized spacial score (nSPS) is 39.2. The molecular formula is C10H19NO. The molecule has 70 valence electrons. The first-order chi connectivity index (χ1) is 5.66. The average Bonchev–Trinajstić information content (AvgIpc) is 2.73. The largest absolute Gasteiger partial charge is 0.394 e. The molecule has 0 bridgehead atoms. The van der Waals surface area contributed by atoms with Gasteiger partial charge < -0.3 is 5.11 Å². The topological polar surface area (TPSA) is 23.5 Å². The first kappa shape index (κ1) is 8.52. The van der Waals surface area contributed by atoms with Crippen LogP contribution in [0.5, 0.6) is 0 Å². The molecule has 0 aromatic rings. The summed E-state index contributed by atoms with van der Waals surface area (Å²) < 4.78 is 0. The Morgan fingerprint density at radius 2 is 2.08 bits per heavy atom. The third kappa shape index (κ3) is 1.01. The molecule has 12 heavy (non-hydrogen) atoms. The van der Waals surface area contributed by atoms with E-state index in [-0.39, 0.29) is 5.54 Å². The van der Waals surface area contributed by atoms with Crippen LogP contribution in [0.15, 0.2) is 0 Å². The molecule has 0 aromatic heterocycles. The van der Waals surface area contributed by atoms with Crippen molar-refractivity contribution in [1.82, 2.24) is 4.90 Å². The third-order valence-electron chi connectivity index (χ3n) is 4.00. The summed E-state index contributed by atoms with van der Waals surface area (Å²) in [6.07, 6.45) is 5.09. The van der Waals surface area contributed by atoms with E-state index in [0.29, 0.717) is 12.0 Å². The van der Waals surface area contributed by atoms with E-state index in [1.807, 2.05) is 0 Å². The molecule has 1 saturated carbocycles. The van der Waals surface area contributed by atoms with Crippen LogP contribution in [0, 0.1) is 5.41 Å². The first-order valence-corrected chi connectivity index (χ1v) is 4.99. The van der Waals surface area contributed by atoms with Crippen molar-refractivity contribution in [1.29, 1.82) is 0 Å². The lowest BCUT2D eigenvalue weighted by Crippen LogP contribution is -2.43. The number of aliphatic hydroxyl groups is 1. The predicted octanol–water partition coefficient (Wildman–Crippen LogP) is 1.24. The maximum absolute atomic E-state index is 9.41. The predicted molar refractivity (Wildman–Crippen MR) is 49.0 cm³/mol. The number of aliphatic hydroxyl groups excluding tert-OH is 1. The molecule has 1 saturated heterocycles. The molecule has 0 radical (unpaired) electrons. The lowest BCUT2D eigenvalue weighted by atomic mass is 9.89. The van der Waals surface area contributed by atoms with Crippen molar-refractivity contribution in [2.75, 3.05) is 20.2 Å². The molecule has 1 unspecified atom stereocenters. The molecule has 1 aliphatic heterocycles. The SMILES string of the molecule is CCC1(CO)CC2(CC2)CN1C. The molecule has 0 aromatic carbocycles. The molecule has 1 aliphatic carbocycles. The van der Waals surface area contributed by atoms with Crippen LogP contribution in [0.3, 0.4) is 0 Å². The van der Waals surface area contributed by atoms with Gasteiger partial charge in [0.1, 0.15) is 0 Å². The minimum absolute atomic E-state index is 0.122. The van der Waals surface area contributed by atoms with E-state index in [4.69, 9.17) is 0 Å². The van der Waals surface area contributed by atoms with Crippen molar-refractivity contribution in [3.05, 3.63) is 0 Å². The van der Waals surface area contributed by atoms with Gasteiger partial charge in [-0.2, -0.15) is 0 Å². The van der Waals surface area contributed by atoms with Crippen LogP contribution in [0.2, 0.25) is 0 Å². The van der Waals surface area contributed by atoms with Gasteiger partial charge in [0.15, 0.2) is 0 Å². The zero-order valence-electron chi connectivity index (χ0n) is 8.14. The van der Waals surface area contributed by atoms with Crippen LogP contribution in [0.1, 0.15) is 32.6 Å². The van der Waals surface area contributed by atoms with Gasteiger partial charge in [-0.1, -0.05) is 6.92 Å². The minimum Gasteiger partial charge on any atom is -0.394 e. The first-order valence-electron chi connectivity index (χ1n) is 4.99. The molecule has 1 heterocycles. The second-order valence-electron chi connectivity index (χ2n) is 4.77. The average molecular weight is 169 g/mol. The van der Waals surface area contributed by atoms with Crippen LogP contribution < -0.4 is 0 Å². The van der Waals surface area contributed by atoms with E-state index in [9.17, 15) is 5.11 Å². The summed E-state index contributed by atoms with van der Waals surface area (Å²) in [6, 6.07) is 0. The number of hydrogen-bond donors (Lipinski definition) is 1. The van der Waals surface area contributed by atoms with Gasteiger partial charge in [-0.3, -0.25) is 4.90 Å². The Morgan fingerprint density at radius 1 is 1.42 bits per heavy atom. The van der Waals surface area contributed by atoms with Crippen LogP contribution in [0.25, 0.3) is 0 Å². The summed E-state index contributed by atoms with van der Waals surface area (Å²) in [5.74, 6) is 0. The van der Waals surface area contributed by atoms with Crippen LogP contribution in [-0.2, 0) is 0 Å². The molecule has 2 aliphatic rings. The molecule has 2 heteroatoms. The van der Waals surface area contributed by atoms with Gasteiger partial charge in [-0.25, -0.2) is 0 Å². The van der Waals surface area contributed by atoms with Gasteiger partial charge in [0.05, 0.1) is 6.61 Å². The van der Waals surface area contributed by atoms with Gasteiger partial charge in [0, 0.05) is 12.1 Å². The number of hydrogen-bond acceptors (Lipinski definition) is 2. The second kappa shape index (κ2) is 2.46. The molecule has 0 amide bonds. The smallest absolute Gasteiger partial charge is 0.0615 e. The van der Waals surface area contributed by atoms with Crippen LogP contribution in [0.4, 0.5) is 0 Å². The van der Waals surface area contributed by atoms with E-state index < -0.39 is 0 Å². The summed E-state index contributed by atoms with van der Waals surface area (Å²) in [5, 5.41) is 9.41. The monoisotopic (exact) mass is 169 g/mol. The van der Waals surface area contributed by atoms with Crippen LogP contribution >= 0.6 is 0 Å². The second-order valence-corrected chi connectivity index (χ2v) is 4.77. The molecule has 2 fully saturated rings. The van der Waals surface area contributed by atoms with Crippen molar-refractivity contribution < 1.29 is 5.11 Å². The molecule has 1 N–H and O–H groups in total. The number of likely N-dealkylation sites (tertiary alicyclic amines) is 1. The Kier molecular flexibility index (Phi) is 1.74. The van der Waals surface area contributed by atoms with E-state index in [1.54, 1.807) is 0 Å². The third-order valence-corrected chi connectivity index (χ3v) is 4.00. The molecule has 2 nitrogen and oxygen atoms in total. The van der Waals surface area contributed by atoms with E-state index in [0.717, 1.165) is 6.42 Å². The summed E-state index contributed by atoms with van der Waals surface area (Å²) in [7, 11) is 2.16. The van der Waals surface area contributed by atoms with Gasteiger partial charge in [-0.15, -0.1) is 0 Å². The number of rotatable bonds is 2. The summed E-state index contributed by atoms with van der Waals surface area (Å²) in [4.78, 5) is 2.38. The molecule has 1 atom stereocenters. The van der Waals surface area contributed by atoms with Crippen molar-refractivity contribution >= 4 is 0 Å². The molecule has 1 spiro atoms. The summed E-state index contributed by atoms with van der Waals surface area (Å²) in [6.45, 7) is 3.73. The minimum atomic E-state index is 0.122. The van der Waals surface area contributed by atoms with Gasteiger partial charge in [0.25, 0.3) is 0 Å². The Labute approximate surface area is 74.6 Å². The fourth-order valence-electron chi connectivity index (χ4n) is 2.75. The number of likely N-dealkylation sites (N-methyl/N-ethyl adjacent to an activating group) is 1. The highest BCUT2D eigenvalue weighted by atomic mass is 16.3. The highest BCUT2D eigenvalue weighted by molar-refractivity contribution is 5.10. The summed E-state index contributed by atoms with van der Waals surface area (Å²) >= 11 is 0. The lowest BCUT2D eigenvalue weighted by Gasteiger charge is -2.33. The van der Waals surface area contributed by atoms with Gasteiger partial charge in [0.2, 0.25) is 0 Å². The van der Waals surface area contributed by atoms with Gasteiger partial charge >= 0.3 is 0 Å². The standard InChI is InChI=1S/C10H19NO/c1-3-10(8-12)6-9(4-5-9)7-11(10)2/h12H,3-8H2,1-2H3. The summed E-state index contributed by atoms with van der Waals surface area (Å²) in [5.41, 5.74) is 0.740. The lowest BCUT2D eigenvalue weighted by molar-refractivity contribution is 0.0802. The van der Waals surface area contributed by atoms with Crippen molar-refractivity contribution in [2.45, 2.75) is 38.1 Å². The fourth-order valence-corrected chi connectivity index (χ4v) is 2.75. The highest BCUT2D eigenvalue weighted by Crippen LogP contribution is 2.58. The zero-order valence-corrected chi connectivity index (χ0v) is 8.14. The van der Waals surface area contributed by atoms with Crippen LogP contribution in [-0.4, -0.2) is 35.7 Å². The van der Waals surface area contributed by atoms with E-state index in [2.05, 4.69) is 18.9 Å². The maximum atomic E-state index is 9.41. The Morgan fingerprint density at radius 3 is 2.33 bits per heavy atom. The highest BCUT2D eigenvalue weighted by Gasteiger charge is 2.56. The molecule has 2 rings (SSSR count).